The predicted octanol–water partition coefficient (Wildman–Crippen LogP) is 2.22. The number of hydrogen-bond donors (Lipinski definition) is 1. The molecule has 6 heteroatoms. The molecule has 0 aromatic heterocycles. The molecule has 0 aliphatic heterocycles. The standard InChI is InChI=1S/C13H18N4O2/c1-13(2,16(3)4)9-15-11-5-6-12(17(18)19)10(7-11)8-14/h5-7,15H,9H2,1-4H3. The Balaban J connectivity index is 2.88. The Morgan fingerprint density at radius 3 is 2.58 bits per heavy atom. The zero-order valence-electron chi connectivity index (χ0n) is 11.6. The molecule has 0 unspecified atom stereocenters. The molecule has 0 radical (unpaired) electrons. The van der Waals surface area contributed by atoms with Crippen molar-refractivity contribution in [2.45, 2.75) is 19.4 Å². The Labute approximate surface area is 112 Å². The van der Waals surface area contributed by atoms with Crippen LogP contribution in [0.1, 0.15) is 19.4 Å². The van der Waals surface area contributed by atoms with Crippen LogP contribution in [0.2, 0.25) is 0 Å². The van der Waals surface area contributed by atoms with Gasteiger partial charge in [-0.05, 0) is 40.1 Å². The molecule has 1 aromatic rings. The van der Waals surface area contributed by atoms with Crippen LogP contribution >= 0.6 is 0 Å². The molecule has 19 heavy (non-hydrogen) atoms. The second-order valence-corrected chi connectivity index (χ2v) is 5.16. The average Bonchev–Trinajstić information content (AvgIpc) is 2.35. The Bertz CT molecular complexity index is 518. The van der Waals surface area contributed by atoms with Gasteiger partial charge in [-0.2, -0.15) is 5.26 Å². The summed E-state index contributed by atoms with van der Waals surface area (Å²) in [5.41, 5.74) is 0.545. The topological polar surface area (TPSA) is 82.2 Å². The highest BCUT2D eigenvalue weighted by molar-refractivity contribution is 5.58. The highest BCUT2D eigenvalue weighted by atomic mass is 16.6. The largest absolute Gasteiger partial charge is 0.383 e. The van der Waals surface area contributed by atoms with Gasteiger partial charge in [0.2, 0.25) is 0 Å². The van der Waals surface area contributed by atoms with Crippen molar-refractivity contribution in [3.05, 3.63) is 33.9 Å². The molecule has 0 aliphatic carbocycles. The fourth-order valence-corrected chi connectivity index (χ4v) is 1.37. The fourth-order valence-electron chi connectivity index (χ4n) is 1.37. The van der Waals surface area contributed by atoms with Gasteiger partial charge in [-0.15, -0.1) is 0 Å². The number of nitrogens with zero attached hydrogens (tertiary/aromatic N) is 3. The van der Waals surface area contributed by atoms with Gasteiger partial charge in [-0.1, -0.05) is 0 Å². The number of likely N-dealkylation sites (N-methyl/N-ethyl adjacent to an activating group) is 1. The molecule has 1 rings (SSSR count). The molecule has 0 saturated heterocycles. The van der Waals surface area contributed by atoms with Gasteiger partial charge in [-0.3, -0.25) is 10.1 Å². The van der Waals surface area contributed by atoms with E-state index in [4.69, 9.17) is 5.26 Å². The number of nitriles is 1. The highest BCUT2D eigenvalue weighted by Gasteiger charge is 2.20. The number of nitro groups is 1. The van der Waals surface area contributed by atoms with Crippen molar-refractivity contribution in [3.8, 4) is 6.07 Å². The minimum absolute atomic E-state index is 0.0609. The van der Waals surface area contributed by atoms with Gasteiger partial charge in [0.05, 0.1) is 4.92 Å². The summed E-state index contributed by atoms with van der Waals surface area (Å²) in [6, 6.07) is 6.32. The molecule has 6 nitrogen and oxygen atoms in total. The summed E-state index contributed by atoms with van der Waals surface area (Å²) in [7, 11) is 3.97. The SMILES string of the molecule is CN(C)C(C)(C)CNc1ccc([N+](=O)[O-])c(C#N)c1. The third-order valence-electron chi connectivity index (χ3n) is 3.25. The lowest BCUT2D eigenvalue weighted by molar-refractivity contribution is -0.385. The van der Waals surface area contributed by atoms with Gasteiger partial charge >= 0.3 is 0 Å². The van der Waals surface area contributed by atoms with E-state index >= 15 is 0 Å². The van der Waals surface area contributed by atoms with Crippen LogP contribution in [0, 0.1) is 21.4 Å². The molecule has 0 aliphatic rings. The third-order valence-corrected chi connectivity index (χ3v) is 3.25. The zero-order chi connectivity index (χ0) is 14.6. The van der Waals surface area contributed by atoms with Crippen molar-refractivity contribution in [2.75, 3.05) is 26.0 Å². The number of hydrogen-bond acceptors (Lipinski definition) is 5. The van der Waals surface area contributed by atoms with Crippen LogP contribution in [-0.2, 0) is 0 Å². The first-order valence-corrected chi connectivity index (χ1v) is 5.88. The van der Waals surface area contributed by atoms with Crippen LogP contribution < -0.4 is 5.32 Å². The molecule has 0 amide bonds. The number of nitrogens with one attached hydrogen (secondary N) is 1. The molecule has 1 N–H and O–H groups in total. The van der Waals surface area contributed by atoms with Crippen molar-refractivity contribution >= 4 is 11.4 Å². The normalized spacial score (nSPS) is 11.2. The molecular weight excluding hydrogens is 244 g/mol. The maximum atomic E-state index is 10.7. The van der Waals surface area contributed by atoms with Crippen LogP contribution in [-0.4, -0.2) is 36.0 Å². The molecule has 0 fully saturated rings. The lowest BCUT2D eigenvalue weighted by atomic mass is 10.0. The van der Waals surface area contributed by atoms with Crippen molar-refractivity contribution in [2.24, 2.45) is 0 Å². The number of benzene rings is 1. The minimum atomic E-state index is -0.550. The van der Waals surface area contributed by atoms with Crippen molar-refractivity contribution in [1.82, 2.24) is 4.90 Å². The molecule has 0 saturated carbocycles. The number of nitro benzene ring substituents is 1. The second kappa shape index (κ2) is 5.67. The van der Waals surface area contributed by atoms with Crippen molar-refractivity contribution < 1.29 is 4.92 Å². The van der Waals surface area contributed by atoms with Gasteiger partial charge in [0.25, 0.3) is 5.69 Å². The third kappa shape index (κ3) is 3.66. The van der Waals surface area contributed by atoms with Crippen molar-refractivity contribution in [3.63, 3.8) is 0 Å². The summed E-state index contributed by atoms with van der Waals surface area (Å²) in [4.78, 5) is 12.3. The summed E-state index contributed by atoms with van der Waals surface area (Å²) in [6.07, 6.45) is 0. The van der Waals surface area contributed by atoms with E-state index in [0.717, 1.165) is 0 Å². The van der Waals surface area contributed by atoms with Crippen LogP contribution in [0.25, 0.3) is 0 Å². The lowest BCUT2D eigenvalue weighted by Gasteiger charge is -2.33. The van der Waals surface area contributed by atoms with E-state index < -0.39 is 4.92 Å². The summed E-state index contributed by atoms with van der Waals surface area (Å²) >= 11 is 0. The van der Waals surface area contributed by atoms with E-state index in [1.165, 1.54) is 12.1 Å². The molecule has 0 bridgehead atoms. The smallest absolute Gasteiger partial charge is 0.287 e. The van der Waals surface area contributed by atoms with E-state index in [2.05, 4.69) is 24.1 Å². The Morgan fingerprint density at radius 1 is 1.47 bits per heavy atom. The minimum Gasteiger partial charge on any atom is -0.383 e. The fraction of sp³-hybridized carbons (Fsp3) is 0.462. The quantitative estimate of drug-likeness (QED) is 0.650. The first-order valence-electron chi connectivity index (χ1n) is 5.88. The summed E-state index contributed by atoms with van der Waals surface area (Å²) in [5.74, 6) is 0. The van der Waals surface area contributed by atoms with Gasteiger partial charge < -0.3 is 10.2 Å². The second-order valence-electron chi connectivity index (χ2n) is 5.16. The molecule has 102 valence electrons. The first-order chi connectivity index (χ1) is 8.77. The molecule has 0 spiro atoms. The van der Waals surface area contributed by atoms with E-state index in [-0.39, 0.29) is 16.8 Å². The van der Waals surface area contributed by atoms with Crippen molar-refractivity contribution in [1.29, 1.82) is 5.26 Å². The van der Waals surface area contributed by atoms with E-state index in [9.17, 15) is 10.1 Å². The van der Waals surface area contributed by atoms with E-state index in [0.29, 0.717) is 12.2 Å². The molecule has 0 atom stereocenters. The van der Waals surface area contributed by atoms with Gasteiger partial charge in [0.15, 0.2) is 0 Å². The predicted molar refractivity (Wildman–Crippen MR) is 74.1 cm³/mol. The Kier molecular flexibility index (Phi) is 4.46. The van der Waals surface area contributed by atoms with Gasteiger partial charge in [-0.25, -0.2) is 0 Å². The average molecular weight is 262 g/mol. The van der Waals surface area contributed by atoms with Crippen LogP contribution in [0.15, 0.2) is 18.2 Å². The summed E-state index contributed by atoms with van der Waals surface area (Å²) in [5, 5.41) is 22.8. The Hall–Kier alpha value is -2.13. The monoisotopic (exact) mass is 262 g/mol. The van der Waals surface area contributed by atoms with Crippen LogP contribution in [0.4, 0.5) is 11.4 Å². The molecular formula is C13H18N4O2. The number of anilines is 1. The van der Waals surface area contributed by atoms with Gasteiger partial charge in [0, 0.05) is 23.8 Å². The summed E-state index contributed by atoms with van der Waals surface area (Å²) in [6.45, 7) is 4.83. The lowest BCUT2D eigenvalue weighted by Crippen LogP contribution is -2.44. The highest BCUT2D eigenvalue weighted by Crippen LogP contribution is 2.22. The van der Waals surface area contributed by atoms with Crippen LogP contribution in [0.3, 0.4) is 0 Å². The van der Waals surface area contributed by atoms with Gasteiger partial charge in [0.1, 0.15) is 11.6 Å². The number of rotatable bonds is 5. The maximum absolute atomic E-state index is 10.7. The first kappa shape index (κ1) is 14.9. The maximum Gasteiger partial charge on any atom is 0.287 e. The zero-order valence-corrected chi connectivity index (χ0v) is 11.6. The van der Waals surface area contributed by atoms with Crippen LogP contribution in [0.5, 0.6) is 0 Å². The molecule has 0 heterocycles. The van der Waals surface area contributed by atoms with E-state index in [1.807, 2.05) is 20.2 Å². The summed E-state index contributed by atoms with van der Waals surface area (Å²) < 4.78 is 0. The molecule has 1 aromatic carbocycles. The Morgan fingerprint density at radius 2 is 2.11 bits per heavy atom. The van der Waals surface area contributed by atoms with E-state index in [1.54, 1.807) is 6.07 Å².